The molecule has 0 aliphatic rings. The molecule has 0 fully saturated rings. The molecule has 2 rings (SSSR count). The smallest absolute Gasteiger partial charge is 0.138 e. The van der Waals surface area contributed by atoms with Crippen LogP contribution in [0, 0.1) is 12.3 Å². The van der Waals surface area contributed by atoms with Gasteiger partial charge in [0.15, 0.2) is 0 Å². The molecule has 2 aromatic heterocycles. The van der Waals surface area contributed by atoms with Gasteiger partial charge >= 0.3 is 0 Å². The van der Waals surface area contributed by atoms with Gasteiger partial charge in [-0.2, -0.15) is 0 Å². The van der Waals surface area contributed by atoms with Gasteiger partial charge in [-0.3, -0.25) is 4.40 Å². The van der Waals surface area contributed by atoms with Gasteiger partial charge in [-0.1, -0.05) is 12.0 Å². The van der Waals surface area contributed by atoms with Gasteiger partial charge in [0, 0.05) is 12.4 Å². The molecule has 0 radical (unpaired) electrons. The van der Waals surface area contributed by atoms with Gasteiger partial charge in [-0.15, -0.1) is 6.42 Å². The summed E-state index contributed by atoms with van der Waals surface area (Å²) in [4.78, 5) is 4.16. The maximum atomic E-state index is 5.16. The van der Waals surface area contributed by atoms with E-state index in [1.807, 2.05) is 28.8 Å². The number of hydrogen-bond acceptors (Lipinski definition) is 2. The van der Waals surface area contributed by atoms with Crippen molar-refractivity contribution >= 4 is 11.5 Å². The Hall–Kier alpha value is -1.95. The number of rotatable bonds is 2. The molecule has 0 atom stereocenters. The number of nitrogens with zero attached hydrogens (tertiary/aromatic N) is 2. The number of imidazole rings is 1. The van der Waals surface area contributed by atoms with Crippen LogP contribution in [0.4, 0.5) is 5.82 Å². The van der Waals surface area contributed by atoms with E-state index in [1.54, 1.807) is 6.20 Å². The van der Waals surface area contributed by atoms with E-state index in [9.17, 15) is 0 Å². The summed E-state index contributed by atoms with van der Waals surface area (Å²) in [6.07, 6.45) is 8.82. The molecule has 0 aliphatic carbocycles. The molecule has 0 unspecified atom stereocenters. The minimum atomic E-state index is 0.525. The molecule has 0 saturated carbocycles. The van der Waals surface area contributed by atoms with Gasteiger partial charge in [0.2, 0.25) is 0 Å². The number of pyridine rings is 1. The molecule has 1 N–H and O–H groups in total. The van der Waals surface area contributed by atoms with Gasteiger partial charge < -0.3 is 5.32 Å². The summed E-state index contributed by atoms with van der Waals surface area (Å²) in [5, 5.41) is 3.11. The second-order valence-electron chi connectivity index (χ2n) is 2.62. The summed E-state index contributed by atoms with van der Waals surface area (Å²) in [5.74, 6) is 3.49. The number of aromatic nitrogens is 2. The second kappa shape index (κ2) is 3.20. The van der Waals surface area contributed by atoms with Gasteiger partial charge in [0.25, 0.3) is 0 Å². The molecule has 0 aliphatic heterocycles. The maximum absolute atomic E-state index is 5.16. The first-order chi connectivity index (χ1) is 6.42. The van der Waals surface area contributed by atoms with Crippen molar-refractivity contribution in [3.05, 3.63) is 30.6 Å². The lowest BCUT2D eigenvalue weighted by molar-refractivity contribution is 1.15. The molecule has 3 nitrogen and oxygen atoms in total. The minimum absolute atomic E-state index is 0.525. The number of hydrogen-bond donors (Lipinski definition) is 1. The Kier molecular flexibility index (Phi) is 1.89. The third-order valence-corrected chi connectivity index (χ3v) is 1.80. The lowest BCUT2D eigenvalue weighted by Crippen LogP contribution is -2.02. The maximum Gasteiger partial charge on any atom is 0.138 e. The van der Waals surface area contributed by atoms with Crippen LogP contribution in [-0.2, 0) is 0 Å². The van der Waals surface area contributed by atoms with Crippen molar-refractivity contribution < 1.29 is 0 Å². The van der Waals surface area contributed by atoms with E-state index in [-0.39, 0.29) is 0 Å². The van der Waals surface area contributed by atoms with E-state index >= 15 is 0 Å². The molecule has 2 aromatic rings. The van der Waals surface area contributed by atoms with Crippen molar-refractivity contribution in [2.24, 2.45) is 0 Å². The fourth-order valence-electron chi connectivity index (χ4n) is 1.23. The van der Waals surface area contributed by atoms with Crippen LogP contribution in [0.2, 0.25) is 0 Å². The van der Waals surface area contributed by atoms with Crippen LogP contribution in [0.15, 0.2) is 30.6 Å². The standard InChI is InChI=1S/C10H9N3/c1-2-6-11-9-4-3-5-10-12-7-8-13(9)10/h1,3-5,7-8,11H,6H2. The second-order valence-corrected chi connectivity index (χ2v) is 2.62. The highest BCUT2D eigenvalue weighted by molar-refractivity contribution is 5.50. The molecule has 0 amide bonds. The molecule has 13 heavy (non-hydrogen) atoms. The summed E-state index contributed by atoms with van der Waals surface area (Å²) in [7, 11) is 0. The van der Waals surface area contributed by atoms with Crippen molar-refractivity contribution in [3.63, 3.8) is 0 Å². The SMILES string of the molecule is C#CCNc1cccc2nccn12. The fourth-order valence-corrected chi connectivity index (χ4v) is 1.23. The molecule has 0 bridgehead atoms. The third kappa shape index (κ3) is 1.34. The number of nitrogens with one attached hydrogen (secondary N) is 1. The molecule has 0 aromatic carbocycles. The van der Waals surface area contributed by atoms with E-state index in [2.05, 4.69) is 16.2 Å². The van der Waals surface area contributed by atoms with Crippen molar-refractivity contribution in [1.82, 2.24) is 9.38 Å². The van der Waals surface area contributed by atoms with Gasteiger partial charge in [-0.05, 0) is 12.1 Å². The predicted molar refractivity (Wildman–Crippen MR) is 52.5 cm³/mol. The Morgan fingerprint density at radius 2 is 2.46 bits per heavy atom. The Morgan fingerprint density at radius 3 is 3.31 bits per heavy atom. The Labute approximate surface area is 76.4 Å². The van der Waals surface area contributed by atoms with E-state index < -0.39 is 0 Å². The van der Waals surface area contributed by atoms with E-state index in [4.69, 9.17) is 6.42 Å². The van der Waals surface area contributed by atoms with Crippen LogP contribution in [-0.4, -0.2) is 15.9 Å². The van der Waals surface area contributed by atoms with Crippen LogP contribution in [0.1, 0.15) is 0 Å². The lowest BCUT2D eigenvalue weighted by Gasteiger charge is -2.04. The summed E-state index contributed by atoms with van der Waals surface area (Å²) in [6.45, 7) is 0.525. The Morgan fingerprint density at radius 1 is 1.54 bits per heavy atom. The molecule has 64 valence electrons. The highest BCUT2D eigenvalue weighted by atomic mass is 15.1. The molecule has 0 saturated heterocycles. The highest BCUT2D eigenvalue weighted by Crippen LogP contribution is 2.09. The number of anilines is 1. The lowest BCUT2D eigenvalue weighted by atomic mass is 10.4. The zero-order chi connectivity index (χ0) is 9.10. The summed E-state index contributed by atoms with van der Waals surface area (Å²) in [6, 6.07) is 5.86. The summed E-state index contributed by atoms with van der Waals surface area (Å²) in [5.41, 5.74) is 0.919. The average Bonchev–Trinajstić information content (AvgIpc) is 2.62. The normalized spacial score (nSPS) is 9.77. The number of terminal acetylenes is 1. The van der Waals surface area contributed by atoms with E-state index in [1.165, 1.54) is 0 Å². The van der Waals surface area contributed by atoms with Crippen LogP contribution >= 0.6 is 0 Å². The highest BCUT2D eigenvalue weighted by Gasteiger charge is 1.97. The number of fused-ring (bicyclic) bond motifs is 1. The first kappa shape index (κ1) is 7.69. The zero-order valence-corrected chi connectivity index (χ0v) is 7.07. The fraction of sp³-hybridized carbons (Fsp3) is 0.100. The van der Waals surface area contributed by atoms with Crippen LogP contribution in [0.5, 0.6) is 0 Å². The molecular weight excluding hydrogens is 162 g/mol. The van der Waals surface area contributed by atoms with E-state index in [0.29, 0.717) is 6.54 Å². The largest absolute Gasteiger partial charge is 0.360 e. The van der Waals surface area contributed by atoms with Gasteiger partial charge in [-0.25, -0.2) is 4.98 Å². The van der Waals surface area contributed by atoms with Crippen molar-refractivity contribution in [2.75, 3.05) is 11.9 Å². The molecular formula is C10H9N3. The first-order valence-corrected chi connectivity index (χ1v) is 4.01. The Bertz CT molecular complexity index is 450. The summed E-state index contributed by atoms with van der Waals surface area (Å²) >= 11 is 0. The Balaban J connectivity index is 2.44. The van der Waals surface area contributed by atoms with Crippen LogP contribution < -0.4 is 5.32 Å². The van der Waals surface area contributed by atoms with Crippen molar-refractivity contribution in [3.8, 4) is 12.3 Å². The average molecular weight is 171 g/mol. The molecule has 3 heteroatoms. The van der Waals surface area contributed by atoms with Crippen LogP contribution in [0.25, 0.3) is 5.65 Å². The van der Waals surface area contributed by atoms with Gasteiger partial charge in [0.1, 0.15) is 11.5 Å². The third-order valence-electron chi connectivity index (χ3n) is 1.80. The first-order valence-electron chi connectivity index (χ1n) is 4.01. The van der Waals surface area contributed by atoms with E-state index in [0.717, 1.165) is 11.5 Å². The minimum Gasteiger partial charge on any atom is -0.360 e. The van der Waals surface area contributed by atoms with Crippen molar-refractivity contribution in [1.29, 1.82) is 0 Å². The van der Waals surface area contributed by atoms with Crippen molar-refractivity contribution in [2.45, 2.75) is 0 Å². The summed E-state index contributed by atoms with van der Waals surface area (Å²) < 4.78 is 1.96. The molecule has 0 spiro atoms. The quantitative estimate of drug-likeness (QED) is 0.692. The van der Waals surface area contributed by atoms with Gasteiger partial charge in [0.05, 0.1) is 6.54 Å². The monoisotopic (exact) mass is 171 g/mol. The molecule has 2 heterocycles. The topological polar surface area (TPSA) is 29.3 Å². The predicted octanol–water partition coefficient (Wildman–Crippen LogP) is 1.38. The van der Waals surface area contributed by atoms with Crippen LogP contribution in [0.3, 0.4) is 0 Å². The zero-order valence-electron chi connectivity index (χ0n) is 7.07.